The molecule has 0 aromatic carbocycles. The van der Waals surface area contributed by atoms with Crippen molar-refractivity contribution in [1.82, 2.24) is 0 Å². The first-order chi connectivity index (χ1) is 10.8. The van der Waals surface area contributed by atoms with Crippen molar-refractivity contribution in [2.75, 3.05) is 7.11 Å². The predicted molar refractivity (Wildman–Crippen MR) is 77.7 cm³/mol. The highest BCUT2D eigenvalue weighted by Crippen LogP contribution is 2.35. The Hall–Kier alpha value is -0.320. The summed E-state index contributed by atoms with van der Waals surface area (Å²) in [6.07, 6.45) is -5.46. The molecular formula is C15H28O8. The lowest BCUT2D eigenvalue weighted by Gasteiger charge is -2.46. The Morgan fingerprint density at radius 2 is 1.39 bits per heavy atom. The van der Waals surface area contributed by atoms with Crippen LogP contribution in [0.25, 0.3) is 0 Å². The van der Waals surface area contributed by atoms with Gasteiger partial charge in [0, 0.05) is 17.8 Å². The molecular weight excluding hydrogens is 308 g/mol. The average molecular weight is 336 g/mol. The summed E-state index contributed by atoms with van der Waals surface area (Å²) in [5, 5.41) is 30.4. The van der Waals surface area contributed by atoms with E-state index in [1.165, 1.54) is 7.11 Å². The number of rotatable bonds is 4. The van der Waals surface area contributed by atoms with Crippen LogP contribution in [-0.4, -0.2) is 65.7 Å². The van der Waals surface area contributed by atoms with Gasteiger partial charge in [-0.3, -0.25) is 0 Å². The zero-order chi connectivity index (χ0) is 17.3. The lowest BCUT2D eigenvalue weighted by atomic mass is 9.89. The fourth-order valence-electron chi connectivity index (χ4n) is 3.05. The minimum Gasteiger partial charge on any atom is -0.392 e. The third kappa shape index (κ3) is 3.85. The van der Waals surface area contributed by atoms with E-state index in [4.69, 9.17) is 19.1 Å². The number of hydrogen-bond donors (Lipinski definition) is 3. The molecule has 0 aromatic rings. The van der Waals surface area contributed by atoms with Crippen molar-refractivity contribution in [3.05, 3.63) is 0 Å². The molecule has 0 bridgehead atoms. The van der Waals surface area contributed by atoms with Gasteiger partial charge >= 0.3 is 0 Å². The highest BCUT2D eigenvalue weighted by molar-refractivity contribution is 4.88. The summed E-state index contributed by atoms with van der Waals surface area (Å²) in [7, 11) is 1.36. The summed E-state index contributed by atoms with van der Waals surface area (Å²) in [5.41, 5.74) is 0. The van der Waals surface area contributed by atoms with E-state index < -0.39 is 49.2 Å². The first-order valence-electron chi connectivity index (χ1n) is 7.98. The molecule has 0 aliphatic carbocycles. The standard InChI is InChI=1S/C15H28O8/c1-6-11(17)12(9(4)20-13(6)18)21-14-7(2)10(16)8(3)15(22-14)23-19-5/h6-18H,1-5H3/t6?,7-,8+,9?,10?,11+,12-,13+,14+,15?/m0/s1. The summed E-state index contributed by atoms with van der Waals surface area (Å²) in [5.74, 6) is -1.12. The van der Waals surface area contributed by atoms with Crippen LogP contribution < -0.4 is 0 Å². The molecule has 2 heterocycles. The van der Waals surface area contributed by atoms with Crippen LogP contribution in [0.2, 0.25) is 0 Å². The molecule has 8 nitrogen and oxygen atoms in total. The zero-order valence-corrected chi connectivity index (χ0v) is 14.2. The van der Waals surface area contributed by atoms with Gasteiger partial charge in [-0.2, -0.15) is 0 Å². The summed E-state index contributed by atoms with van der Waals surface area (Å²) in [6, 6.07) is 0. The lowest BCUT2D eigenvalue weighted by Crippen LogP contribution is -2.58. The van der Waals surface area contributed by atoms with Crippen LogP contribution in [-0.2, 0) is 24.0 Å². The van der Waals surface area contributed by atoms with Crippen LogP contribution in [0.5, 0.6) is 0 Å². The number of aliphatic hydroxyl groups excluding tert-OH is 3. The van der Waals surface area contributed by atoms with Gasteiger partial charge in [-0.05, 0) is 6.92 Å². The van der Waals surface area contributed by atoms with Gasteiger partial charge in [0.05, 0.1) is 25.4 Å². The van der Waals surface area contributed by atoms with E-state index in [-0.39, 0.29) is 11.8 Å². The number of ether oxygens (including phenoxy) is 3. The molecule has 0 saturated carbocycles. The molecule has 10 atom stereocenters. The molecule has 136 valence electrons. The van der Waals surface area contributed by atoms with E-state index in [0.717, 1.165) is 0 Å². The van der Waals surface area contributed by atoms with Crippen LogP contribution in [0, 0.1) is 17.8 Å². The molecule has 0 radical (unpaired) electrons. The highest BCUT2D eigenvalue weighted by Gasteiger charge is 2.47. The fraction of sp³-hybridized carbons (Fsp3) is 1.00. The van der Waals surface area contributed by atoms with Crippen molar-refractivity contribution < 1.29 is 39.3 Å². The van der Waals surface area contributed by atoms with Gasteiger partial charge in [-0.15, -0.1) is 0 Å². The molecule has 0 aromatic heterocycles. The van der Waals surface area contributed by atoms with Gasteiger partial charge in [0.1, 0.15) is 6.10 Å². The normalized spacial score (nSPS) is 51.7. The molecule has 3 N–H and O–H groups in total. The minimum atomic E-state index is -1.04. The highest BCUT2D eigenvalue weighted by atomic mass is 17.2. The molecule has 0 spiro atoms. The van der Waals surface area contributed by atoms with Gasteiger partial charge in [0.15, 0.2) is 18.9 Å². The topological polar surface area (TPSA) is 107 Å². The van der Waals surface area contributed by atoms with E-state index in [1.54, 1.807) is 27.7 Å². The van der Waals surface area contributed by atoms with Gasteiger partial charge in [0.2, 0.25) is 0 Å². The summed E-state index contributed by atoms with van der Waals surface area (Å²) in [6.45, 7) is 6.98. The Labute approximate surface area is 136 Å². The maximum atomic E-state index is 10.3. The monoisotopic (exact) mass is 336 g/mol. The van der Waals surface area contributed by atoms with E-state index >= 15 is 0 Å². The number of aliphatic hydroxyl groups is 3. The van der Waals surface area contributed by atoms with Gasteiger partial charge in [0.25, 0.3) is 0 Å². The summed E-state index contributed by atoms with van der Waals surface area (Å²) >= 11 is 0. The molecule has 2 saturated heterocycles. The van der Waals surface area contributed by atoms with E-state index in [1.807, 2.05) is 0 Å². The summed E-state index contributed by atoms with van der Waals surface area (Å²) < 4.78 is 17.0. The lowest BCUT2D eigenvalue weighted by molar-refractivity contribution is -0.433. The van der Waals surface area contributed by atoms with Gasteiger partial charge in [-0.25, -0.2) is 9.78 Å². The van der Waals surface area contributed by atoms with E-state index in [9.17, 15) is 15.3 Å². The molecule has 2 aliphatic heterocycles. The SMILES string of the molecule is COOC1O[C@@H](O[C@H]2C(C)O[C@@H](O)C(C)[C@H]2O)[C@@H](C)C(O)[C@H]1C. The second-order valence-corrected chi connectivity index (χ2v) is 6.53. The average Bonchev–Trinajstić information content (AvgIpc) is 2.51. The van der Waals surface area contributed by atoms with Crippen LogP contribution in [0.3, 0.4) is 0 Å². The van der Waals surface area contributed by atoms with Gasteiger partial charge < -0.3 is 29.5 Å². The molecule has 2 fully saturated rings. The second kappa shape index (κ2) is 7.71. The molecule has 23 heavy (non-hydrogen) atoms. The van der Waals surface area contributed by atoms with Crippen molar-refractivity contribution in [2.45, 2.75) is 71.0 Å². The molecule has 8 heteroatoms. The molecule has 0 amide bonds. The largest absolute Gasteiger partial charge is 0.392 e. The van der Waals surface area contributed by atoms with Crippen LogP contribution >= 0.6 is 0 Å². The molecule has 2 rings (SSSR count). The third-order valence-corrected chi connectivity index (χ3v) is 4.83. The second-order valence-electron chi connectivity index (χ2n) is 6.53. The van der Waals surface area contributed by atoms with Gasteiger partial charge in [-0.1, -0.05) is 20.8 Å². The van der Waals surface area contributed by atoms with Crippen LogP contribution in [0.1, 0.15) is 27.7 Å². The smallest absolute Gasteiger partial charge is 0.199 e. The van der Waals surface area contributed by atoms with Crippen molar-refractivity contribution >= 4 is 0 Å². The Bertz CT molecular complexity index is 380. The Morgan fingerprint density at radius 3 is 2.00 bits per heavy atom. The Kier molecular flexibility index (Phi) is 6.37. The molecule has 2 aliphatic rings. The van der Waals surface area contributed by atoms with Crippen molar-refractivity contribution in [1.29, 1.82) is 0 Å². The van der Waals surface area contributed by atoms with Crippen molar-refractivity contribution in [3.8, 4) is 0 Å². The molecule has 4 unspecified atom stereocenters. The Morgan fingerprint density at radius 1 is 0.783 bits per heavy atom. The maximum Gasteiger partial charge on any atom is 0.199 e. The number of hydrogen-bond acceptors (Lipinski definition) is 8. The van der Waals surface area contributed by atoms with E-state index in [2.05, 4.69) is 4.89 Å². The van der Waals surface area contributed by atoms with Crippen molar-refractivity contribution in [2.24, 2.45) is 17.8 Å². The first kappa shape index (κ1) is 19.0. The van der Waals surface area contributed by atoms with Crippen molar-refractivity contribution in [3.63, 3.8) is 0 Å². The van der Waals surface area contributed by atoms with E-state index in [0.29, 0.717) is 0 Å². The van der Waals surface area contributed by atoms with Crippen LogP contribution in [0.4, 0.5) is 0 Å². The quantitative estimate of drug-likeness (QED) is 0.486. The fourth-order valence-corrected chi connectivity index (χ4v) is 3.05. The minimum absolute atomic E-state index is 0.296. The first-order valence-corrected chi connectivity index (χ1v) is 7.98. The summed E-state index contributed by atoms with van der Waals surface area (Å²) in [4.78, 5) is 9.68. The Balaban J connectivity index is 2.08. The third-order valence-electron chi connectivity index (χ3n) is 4.83. The van der Waals surface area contributed by atoms with Crippen LogP contribution in [0.15, 0.2) is 0 Å². The predicted octanol–water partition coefficient (Wildman–Crippen LogP) is -0.000800. The zero-order valence-electron chi connectivity index (χ0n) is 14.2. The maximum absolute atomic E-state index is 10.3.